The number of nitriles is 1. The Kier molecular flexibility index (Phi) is 9.05. The highest BCUT2D eigenvalue weighted by atomic mass is 79.9. The molecule has 0 aliphatic rings. The minimum Gasteiger partial charge on any atom is -0.493 e. The maximum Gasteiger partial charge on any atom is 0.266 e. The predicted octanol–water partition coefficient (Wildman–Crippen LogP) is 6.96. The van der Waals surface area contributed by atoms with E-state index in [1.807, 2.05) is 37.2 Å². The number of carbonyl (C=O) groups is 1. The Bertz CT molecular complexity index is 1280. The number of methoxy groups -OCH3 is 1. The summed E-state index contributed by atoms with van der Waals surface area (Å²) in [6.45, 7) is 0.126. The largest absolute Gasteiger partial charge is 0.493 e. The zero-order valence-electron chi connectivity index (χ0n) is 19.2. The molecule has 0 spiro atoms. The van der Waals surface area contributed by atoms with Gasteiger partial charge in [0, 0.05) is 41.1 Å². The summed E-state index contributed by atoms with van der Waals surface area (Å²) in [6, 6.07) is 17.9. The van der Waals surface area contributed by atoms with Gasteiger partial charge in [-0.15, -0.1) is 0 Å². The van der Waals surface area contributed by atoms with Crippen LogP contribution in [0.15, 0.2) is 64.6 Å². The number of hydrogen-bond donors (Lipinski definition) is 1. The highest BCUT2D eigenvalue weighted by molar-refractivity contribution is 9.10. The van der Waals surface area contributed by atoms with Gasteiger partial charge in [0.2, 0.25) is 0 Å². The van der Waals surface area contributed by atoms with Crippen molar-refractivity contribution in [3.8, 4) is 17.6 Å². The minimum atomic E-state index is -0.520. The lowest BCUT2D eigenvalue weighted by Gasteiger charge is -2.15. The van der Waals surface area contributed by atoms with Crippen molar-refractivity contribution >= 4 is 62.5 Å². The van der Waals surface area contributed by atoms with Gasteiger partial charge in [-0.1, -0.05) is 29.3 Å². The molecule has 0 saturated carbocycles. The summed E-state index contributed by atoms with van der Waals surface area (Å²) < 4.78 is 12.0. The lowest BCUT2D eigenvalue weighted by molar-refractivity contribution is -0.112. The first-order chi connectivity index (χ1) is 16.7. The normalized spacial score (nSPS) is 10.9. The molecule has 0 saturated heterocycles. The summed E-state index contributed by atoms with van der Waals surface area (Å²) in [6.07, 6.45) is 1.48. The van der Waals surface area contributed by atoms with E-state index in [-0.39, 0.29) is 12.2 Å². The third-order valence-electron chi connectivity index (χ3n) is 4.99. The lowest BCUT2D eigenvalue weighted by atomic mass is 10.1. The summed E-state index contributed by atoms with van der Waals surface area (Å²) in [7, 11) is 5.36. The van der Waals surface area contributed by atoms with Crippen molar-refractivity contribution in [3.05, 3.63) is 85.8 Å². The highest BCUT2D eigenvalue weighted by Gasteiger charge is 2.16. The smallest absolute Gasteiger partial charge is 0.266 e. The Morgan fingerprint density at radius 3 is 2.37 bits per heavy atom. The van der Waals surface area contributed by atoms with Crippen molar-refractivity contribution in [2.75, 3.05) is 31.4 Å². The molecule has 0 aliphatic heterocycles. The van der Waals surface area contributed by atoms with Crippen LogP contribution in [0.3, 0.4) is 0 Å². The Morgan fingerprint density at radius 2 is 1.80 bits per heavy atom. The molecule has 9 heteroatoms. The zero-order chi connectivity index (χ0) is 25.5. The molecule has 35 heavy (non-hydrogen) atoms. The van der Waals surface area contributed by atoms with Gasteiger partial charge in [0.05, 0.1) is 11.6 Å². The SMILES string of the molecule is COc1cc(/C=C(/C#N)C(=O)Nc2ccc(N(C)C)cc2)cc(Br)c1OCc1c(Cl)cccc1Cl. The number of nitrogens with zero attached hydrogens (tertiary/aromatic N) is 2. The molecule has 0 aromatic heterocycles. The van der Waals surface area contributed by atoms with Gasteiger partial charge in [-0.25, -0.2) is 0 Å². The van der Waals surface area contributed by atoms with Gasteiger partial charge in [0.15, 0.2) is 11.5 Å². The fourth-order valence-corrected chi connectivity index (χ4v) is 4.22. The van der Waals surface area contributed by atoms with Crippen LogP contribution in [0.1, 0.15) is 11.1 Å². The second kappa shape index (κ2) is 12.0. The number of nitrogens with one attached hydrogen (secondary N) is 1. The van der Waals surface area contributed by atoms with Crippen LogP contribution < -0.4 is 19.7 Å². The van der Waals surface area contributed by atoms with E-state index in [0.29, 0.717) is 42.8 Å². The van der Waals surface area contributed by atoms with Gasteiger partial charge < -0.3 is 19.7 Å². The Balaban J connectivity index is 1.81. The van der Waals surface area contributed by atoms with Gasteiger partial charge in [0.25, 0.3) is 5.91 Å². The Morgan fingerprint density at radius 1 is 1.14 bits per heavy atom. The van der Waals surface area contributed by atoms with E-state index in [2.05, 4.69) is 21.2 Å². The van der Waals surface area contributed by atoms with E-state index in [9.17, 15) is 10.1 Å². The Labute approximate surface area is 222 Å². The molecule has 3 rings (SSSR count). The molecular weight excluding hydrogens is 553 g/mol. The monoisotopic (exact) mass is 573 g/mol. The van der Waals surface area contributed by atoms with Crippen LogP contribution in [0.25, 0.3) is 6.08 Å². The molecule has 3 aromatic rings. The fraction of sp³-hybridized carbons (Fsp3) is 0.154. The molecule has 180 valence electrons. The number of carbonyl (C=O) groups excluding carboxylic acids is 1. The number of rotatable bonds is 8. The number of hydrogen-bond acceptors (Lipinski definition) is 5. The number of anilines is 2. The molecule has 0 aliphatic carbocycles. The molecule has 0 unspecified atom stereocenters. The summed E-state index contributed by atoms with van der Waals surface area (Å²) in [4.78, 5) is 14.6. The first kappa shape index (κ1) is 26.4. The quantitative estimate of drug-likeness (QED) is 0.232. The van der Waals surface area contributed by atoms with Crippen LogP contribution in [0.5, 0.6) is 11.5 Å². The van der Waals surface area contributed by atoms with Crippen LogP contribution >= 0.6 is 39.1 Å². The van der Waals surface area contributed by atoms with Crippen molar-refractivity contribution in [1.29, 1.82) is 5.26 Å². The van der Waals surface area contributed by atoms with Crippen LogP contribution in [0.2, 0.25) is 10.0 Å². The van der Waals surface area contributed by atoms with E-state index >= 15 is 0 Å². The van der Waals surface area contributed by atoms with Gasteiger partial charge in [-0.05, 0) is 76.1 Å². The van der Waals surface area contributed by atoms with Crippen molar-refractivity contribution in [2.24, 2.45) is 0 Å². The van der Waals surface area contributed by atoms with Gasteiger partial charge in [-0.2, -0.15) is 5.26 Å². The average molecular weight is 575 g/mol. The third kappa shape index (κ3) is 6.70. The maximum absolute atomic E-state index is 12.7. The van der Waals surface area contributed by atoms with Crippen molar-refractivity contribution < 1.29 is 14.3 Å². The zero-order valence-corrected chi connectivity index (χ0v) is 22.3. The molecule has 0 fully saturated rings. The predicted molar refractivity (Wildman–Crippen MR) is 144 cm³/mol. The number of ether oxygens (including phenoxy) is 2. The molecule has 0 atom stereocenters. The molecule has 0 radical (unpaired) electrons. The van der Waals surface area contributed by atoms with E-state index in [4.69, 9.17) is 32.7 Å². The minimum absolute atomic E-state index is 0.0628. The topological polar surface area (TPSA) is 74.6 Å². The van der Waals surface area contributed by atoms with Crippen LogP contribution in [0, 0.1) is 11.3 Å². The van der Waals surface area contributed by atoms with Crippen LogP contribution in [-0.4, -0.2) is 27.1 Å². The van der Waals surface area contributed by atoms with Crippen molar-refractivity contribution in [3.63, 3.8) is 0 Å². The van der Waals surface area contributed by atoms with Crippen LogP contribution in [-0.2, 0) is 11.4 Å². The van der Waals surface area contributed by atoms with Gasteiger partial charge >= 0.3 is 0 Å². The summed E-state index contributed by atoms with van der Waals surface area (Å²) in [5, 5.41) is 13.3. The summed E-state index contributed by atoms with van der Waals surface area (Å²) in [5.74, 6) is 0.323. The summed E-state index contributed by atoms with van der Waals surface area (Å²) in [5.41, 5.74) is 2.74. The van der Waals surface area contributed by atoms with Gasteiger partial charge in [-0.3, -0.25) is 4.79 Å². The van der Waals surface area contributed by atoms with Crippen molar-refractivity contribution in [2.45, 2.75) is 6.61 Å². The molecule has 1 amide bonds. The number of halogens is 3. The lowest BCUT2D eigenvalue weighted by Crippen LogP contribution is -2.14. The van der Waals surface area contributed by atoms with E-state index in [1.165, 1.54) is 13.2 Å². The van der Waals surface area contributed by atoms with Crippen molar-refractivity contribution in [1.82, 2.24) is 0 Å². The van der Waals surface area contributed by atoms with Crippen LogP contribution in [0.4, 0.5) is 11.4 Å². The van der Waals surface area contributed by atoms with E-state index < -0.39 is 5.91 Å². The molecule has 0 heterocycles. The fourth-order valence-electron chi connectivity index (χ4n) is 3.13. The van der Waals surface area contributed by atoms with E-state index in [0.717, 1.165) is 5.69 Å². The summed E-state index contributed by atoms with van der Waals surface area (Å²) >= 11 is 15.9. The second-order valence-corrected chi connectivity index (χ2v) is 9.26. The standard InChI is InChI=1S/C26H22BrCl2N3O3/c1-32(2)19-9-7-18(8-10-19)31-26(33)17(14-30)11-16-12-21(27)25(24(13-16)34-3)35-15-20-22(28)5-4-6-23(20)29/h4-13H,15H2,1-3H3,(H,31,33)/b17-11-. The maximum atomic E-state index is 12.7. The first-order valence-electron chi connectivity index (χ1n) is 10.4. The Hall–Kier alpha value is -3.18. The molecule has 0 bridgehead atoms. The number of amides is 1. The van der Waals surface area contributed by atoms with E-state index in [1.54, 1.807) is 42.5 Å². The average Bonchev–Trinajstić information content (AvgIpc) is 2.83. The molecule has 6 nitrogen and oxygen atoms in total. The molecule has 3 aromatic carbocycles. The second-order valence-electron chi connectivity index (χ2n) is 7.59. The molecular formula is C26H22BrCl2N3O3. The molecule has 1 N–H and O–H groups in total. The van der Waals surface area contributed by atoms with Gasteiger partial charge in [0.1, 0.15) is 18.2 Å². The first-order valence-corrected chi connectivity index (χ1v) is 11.9. The third-order valence-corrected chi connectivity index (χ3v) is 6.29. The number of benzene rings is 3. The highest BCUT2D eigenvalue weighted by Crippen LogP contribution is 2.38.